The smallest absolute Gasteiger partial charge is 0.242 e. The van der Waals surface area contributed by atoms with E-state index < -0.39 is 23.7 Å². The van der Waals surface area contributed by atoms with Crippen molar-refractivity contribution in [3.8, 4) is 28.7 Å². The van der Waals surface area contributed by atoms with E-state index in [1.807, 2.05) is 0 Å². The summed E-state index contributed by atoms with van der Waals surface area (Å²) in [5.41, 5.74) is -0.182. The Morgan fingerprint density at radius 3 is 2.14 bits per heavy atom. The number of carbonyl (C=O) groups excluding carboxylic acids is 1. The van der Waals surface area contributed by atoms with E-state index in [4.69, 9.17) is 4.74 Å². The first-order chi connectivity index (χ1) is 10.3. The third-order valence-electron chi connectivity index (χ3n) is 3.38. The van der Waals surface area contributed by atoms with Gasteiger partial charge in [0.1, 0.15) is 34.3 Å². The molecule has 114 valence electrons. The highest BCUT2D eigenvalue weighted by Crippen LogP contribution is 2.44. The zero-order chi connectivity index (χ0) is 16.1. The molecule has 0 spiro atoms. The molecule has 7 nitrogen and oxygen atoms in total. The fourth-order valence-electron chi connectivity index (χ4n) is 2.45. The minimum Gasteiger partial charge on any atom is -0.508 e. The molecule has 1 aliphatic rings. The second kappa shape index (κ2) is 4.54. The van der Waals surface area contributed by atoms with Crippen LogP contribution in [0.1, 0.15) is 22.3 Å². The highest BCUT2D eigenvalue weighted by Gasteiger charge is 2.42. The van der Waals surface area contributed by atoms with Gasteiger partial charge in [0, 0.05) is 23.8 Å². The molecule has 2 aromatic carbocycles. The maximum Gasteiger partial charge on any atom is 0.242 e. The number of phenols is 4. The lowest BCUT2D eigenvalue weighted by Gasteiger charge is -2.33. The minimum atomic E-state index is -2.14. The van der Waals surface area contributed by atoms with Crippen LogP contribution in [-0.4, -0.2) is 31.3 Å². The van der Waals surface area contributed by atoms with Crippen molar-refractivity contribution in [2.75, 3.05) is 0 Å². The number of phenolic OH excluding ortho intramolecular Hbond substituents is 4. The molecule has 0 saturated carbocycles. The van der Waals surface area contributed by atoms with E-state index in [0.717, 1.165) is 30.3 Å². The van der Waals surface area contributed by atoms with Gasteiger partial charge in [0.15, 0.2) is 5.78 Å². The summed E-state index contributed by atoms with van der Waals surface area (Å²) in [5.74, 6) is -4.37. The molecule has 0 amide bonds. The number of fused-ring (bicyclic) bond motifs is 1. The van der Waals surface area contributed by atoms with Gasteiger partial charge in [0.05, 0.1) is 6.42 Å². The average Bonchev–Trinajstić information content (AvgIpc) is 2.35. The summed E-state index contributed by atoms with van der Waals surface area (Å²) in [6, 6.07) is 5.41. The van der Waals surface area contributed by atoms with Crippen molar-refractivity contribution >= 4 is 5.78 Å². The lowest BCUT2D eigenvalue weighted by molar-refractivity contribution is -0.147. The largest absolute Gasteiger partial charge is 0.508 e. The molecule has 1 aliphatic heterocycles. The second-order valence-corrected chi connectivity index (χ2v) is 5.06. The van der Waals surface area contributed by atoms with Crippen LogP contribution in [0, 0.1) is 0 Å². The number of carbonyl (C=O) groups is 1. The molecule has 2 aromatic rings. The Hall–Kier alpha value is -2.93. The molecule has 5 N–H and O–H groups in total. The molecule has 0 fully saturated rings. The summed E-state index contributed by atoms with van der Waals surface area (Å²) < 4.78 is 5.34. The Balaban J connectivity index is 2.12. The second-order valence-electron chi connectivity index (χ2n) is 5.06. The van der Waals surface area contributed by atoms with Gasteiger partial charge in [-0.15, -0.1) is 0 Å². The average molecular weight is 304 g/mol. The molecule has 0 saturated heterocycles. The Morgan fingerprint density at radius 2 is 1.50 bits per heavy atom. The maximum atomic E-state index is 12.2. The van der Waals surface area contributed by atoms with Gasteiger partial charge in [-0.2, -0.15) is 0 Å². The van der Waals surface area contributed by atoms with Crippen LogP contribution in [0.5, 0.6) is 28.7 Å². The number of hydrogen-bond donors (Lipinski definition) is 5. The molecule has 7 heteroatoms. The number of rotatable bonds is 1. The fraction of sp³-hybridized carbons (Fsp3) is 0.133. The summed E-state index contributed by atoms with van der Waals surface area (Å²) in [4.78, 5) is 12.2. The van der Waals surface area contributed by atoms with Gasteiger partial charge >= 0.3 is 0 Å². The van der Waals surface area contributed by atoms with Gasteiger partial charge in [0.25, 0.3) is 0 Å². The number of aromatic hydroxyl groups is 4. The van der Waals surface area contributed by atoms with E-state index in [2.05, 4.69) is 0 Å². The third-order valence-corrected chi connectivity index (χ3v) is 3.38. The first kappa shape index (κ1) is 14.0. The molecule has 0 aliphatic carbocycles. The molecule has 1 unspecified atom stereocenters. The molecule has 1 atom stereocenters. The minimum absolute atomic E-state index is 0.0353. The lowest BCUT2D eigenvalue weighted by Crippen LogP contribution is -2.39. The SMILES string of the molecule is O=C1CC(O)(c2cc(O)cc(O)c2)Oc2cc(O)cc(O)c21. The number of Topliss-reactive ketones (excluding diaryl/α,β-unsaturated/α-hetero) is 1. The van der Waals surface area contributed by atoms with Gasteiger partial charge in [-0.05, 0) is 12.1 Å². The van der Waals surface area contributed by atoms with Gasteiger partial charge < -0.3 is 30.3 Å². The van der Waals surface area contributed by atoms with Crippen molar-refractivity contribution < 1.29 is 35.1 Å². The van der Waals surface area contributed by atoms with Crippen molar-refractivity contribution in [3.05, 3.63) is 41.5 Å². The van der Waals surface area contributed by atoms with Crippen molar-refractivity contribution in [2.45, 2.75) is 12.2 Å². The van der Waals surface area contributed by atoms with Gasteiger partial charge in [-0.25, -0.2) is 0 Å². The highest BCUT2D eigenvalue weighted by molar-refractivity contribution is 6.03. The van der Waals surface area contributed by atoms with Gasteiger partial charge in [-0.3, -0.25) is 4.79 Å². The van der Waals surface area contributed by atoms with Crippen LogP contribution in [0.2, 0.25) is 0 Å². The number of benzene rings is 2. The predicted molar refractivity (Wildman–Crippen MR) is 73.0 cm³/mol. The van der Waals surface area contributed by atoms with Crippen LogP contribution in [0.15, 0.2) is 30.3 Å². The lowest BCUT2D eigenvalue weighted by atomic mass is 9.92. The van der Waals surface area contributed by atoms with Crippen molar-refractivity contribution in [2.24, 2.45) is 0 Å². The topological polar surface area (TPSA) is 127 Å². The van der Waals surface area contributed by atoms with E-state index in [9.17, 15) is 30.3 Å². The molecule has 22 heavy (non-hydrogen) atoms. The zero-order valence-electron chi connectivity index (χ0n) is 11.1. The van der Waals surface area contributed by atoms with Gasteiger partial charge in [-0.1, -0.05) is 0 Å². The van der Waals surface area contributed by atoms with Crippen LogP contribution in [0.4, 0.5) is 0 Å². The Labute approximate surface area is 124 Å². The Kier molecular flexibility index (Phi) is 2.89. The van der Waals surface area contributed by atoms with Crippen molar-refractivity contribution in [1.29, 1.82) is 0 Å². The normalized spacial score (nSPS) is 20.3. The molecular weight excluding hydrogens is 292 g/mol. The number of ether oxygens (including phenoxy) is 1. The van der Waals surface area contributed by atoms with E-state index >= 15 is 0 Å². The maximum absolute atomic E-state index is 12.2. The van der Waals surface area contributed by atoms with E-state index in [1.54, 1.807) is 0 Å². The van der Waals surface area contributed by atoms with Crippen LogP contribution in [0.25, 0.3) is 0 Å². The fourth-order valence-corrected chi connectivity index (χ4v) is 2.45. The highest BCUT2D eigenvalue weighted by atomic mass is 16.6. The molecule has 0 aromatic heterocycles. The number of hydrogen-bond acceptors (Lipinski definition) is 7. The van der Waals surface area contributed by atoms with Crippen LogP contribution in [0.3, 0.4) is 0 Å². The van der Waals surface area contributed by atoms with Crippen LogP contribution < -0.4 is 4.74 Å². The van der Waals surface area contributed by atoms with E-state index in [1.165, 1.54) is 0 Å². The molecule has 3 rings (SSSR count). The van der Waals surface area contributed by atoms with Crippen LogP contribution in [-0.2, 0) is 5.79 Å². The third kappa shape index (κ3) is 2.17. The summed E-state index contributed by atoms with van der Waals surface area (Å²) >= 11 is 0. The monoisotopic (exact) mass is 304 g/mol. The summed E-state index contributed by atoms with van der Waals surface area (Å²) in [5, 5.41) is 48.7. The summed E-state index contributed by atoms with van der Waals surface area (Å²) in [6.45, 7) is 0. The van der Waals surface area contributed by atoms with E-state index in [0.29, 0.717) is 0 Å². The van der Waals surface area contributed by atoms with Crippen molar-refractivity contribution in [1.82, 2.24) is 0 Å². The Morgan fingerprint density at radius 1 is 0.909 bits per heavy atom. The van der Waals surface area contributed by atoms with Crippen LogP contribution >= 0.6 is 0 Å². The quantitative estimate of drug-likeness (QED) is 0.537. The number of ketones is 1. The van der Waals surface area contributed by atoms with Gasteiger partial charge in [0.2, 0.25) is 5.79 Å². The zero-order valence-corrected chi connectivity index (χ0v) is 11.1. The molecule has 1 heterocycles. The Bertz CT molecular complexity index is 763. The molecule has 0 bridgehead atoms. The predicted octanol–water partition coefficient (Wildman–Crippen LogP) is 1.32. The number of aliphatic hydroxyl groups is 1. The summed E-state index contributed by atoms with van der Waals surface area (Å²) in [7, 11) is 0. The molecule has 0 radical (unpaired) electrons. The summed E-state index contributed by atoms with van der Waals surface area (Å²) in [6.07, 6.45) is -0.527. The standard InChI is InChI=1S/C15H12O7/c16-8-1-7(2-9(17)3-8)15(21)6-12(20)14-11(19)4-10(18)5-13(14)22-15/h1-5,16-19,21H,6H2. The first-order valence-electron chi connectivity index (χ1n) is 6.32. The molecular formula is C15H12O7. The van der Waals surface area contributed by atoms with E-state index in [-0.39, 0.29) is 34.1 Å². The first-order valence-corrected chi connectivity index (χ1v) is 6.32. The van der Waals surface area contributed by atoms with Crippen molar-refractivity contribution in [3.63, 3.8) is 0 Å².